The molecule has 0 heterocycles. The van der Waals surface area contributed by atoms with Gasteiger partial charge >= 0.3 is 5.97 Å². The van der Waals surface area contributed by atoms with E-state index in [1.54, 1.807) is 31.2 Å². The zero-order valence-electron chi connectivity index (χ0n) is 15.0. The summed E-state index contributed by atoms with van der Waals surface area (Å²) in [6.07, 6.45) is 0. The molecule has 0 saturated heterocycles. The van der Waals surface area contributed by atoms with Gasteiger partial charge in [0, 0.05) is 5.02 Å². The topological polar surface area (TPSA) is 93.7 Å². The Labute approximate surface area is 165 Å². The Morgan fingerprint density at radius 3 is 2.61 bits per heavy atom. The van der Waals surface area contributed by atoms with Crippen LogP contribution in [0.1, 0.15) is 17.3 Å². The van der Waals surface area contributed by atoms with E-state index in [4.69, 9.17) is 21.1 Å². The molecule has 9 heteroatoms. The summed E-state index contributed by atoms with van der Waals surface area (Å²) in [6, 6.07) is 10.3. The van der Waals surface area contributed by atoms with Crippen LogP contribution in [0.5, 0.6) is 5.75 Å². The maximum absolute atomic E-state index is 13.6. The number of amides is 2. The Bertz CT molecular complexity index is 875. The fraction of sp³-hybridized carbons (Fsp3) is 0.211. The summed E-state index contributed by atoms with van der Waals surface area (Å²) in [7, 11) is 0. The van der Waals surface area contributed by atoms with Crippen LogP contribution in [0.25, 0.3) is 0 Å². The van der Waals surface area contributed by atoms with Gasteiger partial charge in [0.25, 0.3) is 11.8 Å². The van der Waals surface area contributed by atoms with E-state index >= 15 is 0 Å². The van der Waals surface area contributed by atoms with Gasteiger partial charge in [-0.15, -0.1) is 0 Å². The normalized spacial score (nSPS) is 10.1. The first-order valence-corrected chi connectivity index (χ1v) is 8.69. The van der Waals surface area contributed by atoms with Gasteiger partial charge in [-0.25, -0.2) is 4.39 Å². The predicted molar refractivity (Wildman–Crippen MR) is 101 cm³/mol. The number of hydrogen-bond donors (Lipinski definition) is 2. The number of benzene rings is 2. The molecule has 0 radical (unpaired) electrons. The molecule has 0 atom stereocenters. The molecule has 2 rings (SSSR count). The van der Waals surface area contributed by atoms with Gasteiger partial charge in [0.15, 0.2) is 6.61 Å². The molecule has 0 spiro atoms. The van der Waals surface area contributed by atoms with E-state index in [-0.39, 0.29) is 16.3 Å². The minimum atomic E-state index is -0.825. The number of halogens is 2. The van der Waals surface area contributed by atoms with E-state index in [9.17, 15) is 18.8 Å². The number of esters is 1. The number of nitrogens with one attached hydrogen (secondary N) is 2. The van der Waals surface area contributed by atoms with Gasteiger partial charge in [-0.1, -0.05) is 23.7 Å². The molecule has 0 saturated carbocycles. The molecule has 0 bridgehead atoms. The molecular weight excluding hydrogens is 391 g/mol. The summed E-state index contributed by atoms with van der Waals surface area (Å²) in [5, 5.41) is 4.82. The quantitative estimate of drug-likeness (QED) is 0.655. The molecule has 0 aliphatic carbocycles. The second kappa shape index (κ2) is 10.3. The lowest BCUT2D eigenvalue weighted by atomic mass is 10.2. The first-order chi connectivity index (χ1) is 13.4. The largest absolute Gasteiger partial charge is 0.493 e. The molecule has 0 aliphatic heterocycles. The molecule has 2 amide bonds. The lowest BCUT2D eigenvalue weighted by Crippen LogP contribution is -2.32. The van der Waals surface area contributed by atoms with Crippen molar-refractivity contribution in [3.63, 3.8) is 0 Å². The van der Waals surface area contributed by atoms with Crippen molar-refractivity contribution in [1.29, 1.82) is 0 Å². The molecule has 0 aromatic heterocycles. The van der Waals surface area contributed by atoms with Gasteiger partial charge in [-0.3, -0.25) is 14.4 Å². The number of anilines is 1. The Morgan fingerprint density at radius 1 is 1.14 bits per heavy atom. The van der Waals surface area contributed by atoms with Gasteiger partial charge in [-0.05, 0) is 37.3 Å². The minimum absolute atomic E-state index is 0.0914. The van der Waals surface area contributed by atoms with Crippen molar-refractivity contribution in [2.45, 2.75) is 6.92 Å². The molecule has 2 N–H and O–H groups in total. The molecule has 7 nitrogen and oxygen atoms in total. The van der Waals surface area contributed by atoms with E-state index in [0.29, 0.717) is 12.4 Å². The number of carbonyl (C=O) groups excluding carboxylic acids is 3. The minimum Gasteiger partial charge on any atom is -0.493 e. The molecule has 0 aliphatic rings. The maximum Gasteiger partial charge on any atom is 0.325 e. The Kier molecular flexibility index (Phi) is 7.76. The van der Waals surface area contributed by atoms with Gasteiger partial charge in [-0.2, -0.15) is 0 Å². The number of carbonyl (C=O) groups is 3. The second-order valence-electron chi connectivity index (χ2n) is 5.44. The first-order valence-electron chi connectivity index (χ1n) is 8.31. The third-order valence-corrected chi connectivity index (χ3v) is 3.63. The van der Waals surface area contributed by atoms with Gasteiger partial charge < -0.3 is 20.1 Å². The van der Waals surface area contributed by atoms with E-state index in [1.807, 2.05) is 0 Å². The summed E-state index contributed by atoms with van der Waals surface area (Å²) in [5.41, 5.74) is 0.180. The zero-order valence-corrected chi connectivity index (χ0v) is 15.7. The first kappa shape index (κ1) is 21.2. The molecule has 2 aromatic carbocycles. The van der Waals surface area contributed by atoms with Crippen LogP contribution in [0, 0.1) is 5.82 Å². The molecule has 0 fully saturated rings. The van der Waals surface area contributed by atoms with E-state index < -0.39 is 36.8 Å². The van der Waals surface area contributed by atoms with Gasteiger partial charge in [0.2, 0.25) is 0 Å². The highest BCUT2D eigenvalue weighted by Gasteiger charge is 2.15. The van der Waals surface area contributed by atoms with Gasteiger partial charge in [0.05, 0.1) is 17.9 Å². The molecule has 148 valence electrons. The fourth-order valence-corrected chi connectivity index (χ4v) is 2.32. The van der Waals surface area contributed by atoms with Gasteiger partial charge in [0.1, 0.15) is 18.1 Å². The number of para-hydroxylation sites is 1. The van der Waals surface area contributed by atoms with E-state index in [2.05, 4.69) is 10.6 Å². The van der Waals surface area contributed by atoms with Crippen molar-refractivity contribution >= 4 is 35.1 Å². The van der Waals surface area contributed by atoms with Crippen LogP contribution in [0.3, 0.4) is 0 Å². The zero-order chi connectivity index (χ0) is 20.5. The molecule has 28 heavy (non-hydrogen) atoms. The number of ether oxygens (including phenoxy) is 2. The van der Waals surface area contributed by atoms with Crippen LogP contribution in [0.2, 0.25) is 5.02 Å². The van der Waals surface area contributed by atoms with Crippen LogP contribution in [0.4, 0.5) is 10.1 Å². The van der Waals surface area contributed by atoms with Crippen LogP contribution < -0.4 is 15.4 Å². The standard InChI is InChI=1S/C19H18ClFN2O5/c1-2-27-16-6-4-3-5-13(16)19(26)22-10-18(25)28-11-17(24)23-15-8-7-12(20)9-14(15)21/h3-9H,2,10-11H2,1H3,(H,22,26)(H,23,24). The Balaban J connectivity index is 1.79. The van der Waals surface area contributed by atoms with Crippen LogP contribution in [-0.4, -0.2) is 37.5 Å². The van der Waals surface area contributed by atoms with Crippen molar-refractivity contribution in [3.8, 4) is 5.75 Å². The third-order valence-electron chi connectivity index (χ3n) is 3.39. The molecular formula is C19H18ClFN2O5. The number of rotatable bonds is 8. The maximum atomic E-state index is 13.6. The van der Waals surface area contributed by atoms with E-state index in [1.165, 1.54) is 12.1 Å². The highest BCUT2D eigenvalue weighted by atomic mass is 35.5. The third kappa shape index (κ3) is 6.24. The smallest absolute Gasteiger partial charge is 0.325 e. The summed E-state index contributed by atoms with van der Waals surface area (Å²) in [5.74, 6) is -2.40. The predicted octanol–water partition coefficient (Wildman–Crippen LogP) is 2.79. The van der Waals surface area contributed by atoms with E-state index in [0.717, 1.165) is 6.07 Å². The summed E-state index contributed by atoms with van der Waals surface area (Å²) < 4.78 is 23.7. The van der Waals surface area contributed by atoms with Crippen molar-refractivity contribution in [1.82, 2.24) is 5.32 Å². The Morgan fingerprint density at radius 2 is 1.89 bits per heavy atom. The molecule has 0 unspecified atom stereocenters. The average molecular weight is 409 g/mol. The average Bonchev–Trinajstić information content (AvgIpc) is 2.67. The summed E-state index contributed by atoms with van der Waals surface area (Å²) in [4.78, 5) is 35.6. The van der Waals surface area contributed by atoms with Crippen molar-refractivity contribution in [3.05, 3.63) is 58.9 Å². The highest BCUT2D eigenvalue weighted by Crippen LogP contribution is 2.19. The van der Waals surface area contributed by atoms with Crippen molar-refractivity contribution < 1.29 is 28.2 Å². The lowest BCUT2D eigenvalue weighted by molar-refractivity contribution is -0.146. The Hall–Kier alpha value is -3.13. The SMILES string of the molecule is CCOc1ccccc1C(=O)NCC(=O)OCC(=O)Nc1ccc(Cl)cc1F. The van der Waals surface area contributed by atoms with Crippen molar-refractivity contribution in [2.24, 2.45) is 0 Å². The van der Waals surface area contributed by atoms with Crippen LogP contribution in [0.15, 0.2) is 42.5 Å². The second-order valence-corrected chi connectivity index (χ2v) is 5.88. The summed E-state index contributed by atoms with van der Waals surface area (Å²) in [6.45, 7) is 1.09. The van der Waals surface area contributed by atoms with Crippen LogP contribution in [-0.2, 0) is 14.3 Å². The monoisotopic (exact) mass is 408 g/mol. The fourth-order valence-electron chi connectivity index (χ4n) is 2.16. The highest BCUT2D eigenvalue weighted by molar-refractivity contribution is 6.30. The van der Waals surface area contributed by atoms with Crippen LogP contribution >= 0.6 is 11.6 Å². The lowest BCUT2D eigenvalue weighted by Gasteiger charge is -2.10. The molecule has 2 aromatic rings. The van der Waals surface area contributed by atoms with Crippen molar-refractivity contribution in [2.75, 3.05) is 25.1 Å². The summed E-state index contributed by atoms with van der Waals surface area (Å²) >= 11 is 5.62. The number of hydrogen-bond acceptors (Lipinski definition) is 5.